The van der Waals surface area contributed by atoms with Crippen molar-refractivity contribution in [3.05, 3.63) is 29.0 Å². The molecule has 4 heteroatoms. The van der Waals surface area contributed by atoms with Gasteiger partial charge in [0.05, 0.1) is 10.7 Å². The molecule has 0 atom stereocenters. The lowest BCUT2D eigenvalue weighted by atomic mass is 10.3. The highest BCUT2D eigenvalue weighted by Crippen LogP contribution is 2.21. The van der Waals surface area contributed by atoms with Crippen LogP contribution in [-0.2, 0) is 0 Å². The number of likely N-dealkylation sites (N-methyl/N-ethyl adjacent to an activating group) is 1. The van der Waals surface area contributed by atoms with Gasteiger partial charge in [0, 0.05) is 13.1 Å². The Kier molecular flexibility index (Phi) is 4.17. The Morgan fingerprint density at radius 2 is 2.14 bits per heavy atom. The molecule has 0 fully saturated rings. The molecule has 0 saturated heterocycles. The van der Waals surface area contributed by atoms with Crippen LogP contribution in [0, 0.1) is 5.82 Å². The summed E-state index contributed by atoms with van der Waals surface area (Å²) in [5, 5.41) is 3.55. The second-order valence-electron chi connectivity index (χ2n) is 3.35. The van der Waals surface area contributed by atoms with E-state index in [0.717, 1.165) is 18.8 Å². The molecule has 2 nitrogen and oxygen atoms in total. The Morgan fingerprint density at radius 1 is 1.43 bits per heavy atom. The largest absolute Gasteiger partial charge is 0.383 e. The van der Waals surface area contributed by atoms with E-state index >= 15 is 0 Å². The minimum atomic E-state index is -0.312. The Morgan fingerprint density at radius 3 is 2.71 bits per heavy atom. The maximum Gasteiger partial charge on any atom is 0.124 e. The van der Waals surface area contributed by atoms with Gasteiger partial charge in [-0.1, -0.05) is 11.6 Å². The van der Waals surface area contributed by atoms with Crippen LogP contribution < -0.4 is 5.32 Å². The molecular weight excluding hydrogens is 203 g/mol. The zero-order valence-electron chi connectivity index (χ0n) is 8.35. The van der Waals surface area contributed by atoms with Gasteiger partial charge in [-0.25, -0.2) is 4.39 Å². The normalized spacial score (nSPS) is 10.6. The number of halogens is 2. The van der Waals surface area contributed by atoms with E-state index in [1.807, 2.05) is 14.1 Å². The summed E-state index contributed by atoms with van der Waals surface area (Å²) in [5.41, 5.74) is 0.773. The zero-order chi connectivity index (χ0) is 10.6. The fraction of sp³-hybridized carbons (Fsp3) is 0.400. The Bertz CT molecular complexity index is 302. The molecular formula is C10H14ClFN2. The third-order valence-electron chi connectivity index (χ3n) is 1.81. The predicted octanol–water partition coefficient (Wildman–Crippen LogP) is 2.45. The third kappa shape index (κ3) is 3.52. The molecule has 14 heavy (non-hydrogen) atoms. The van der Waals surface area contributed by atoms with Gasteiger partial charge in [-0.3, -0.25) is 0 Å². The zero-order valence-corrected chi connectivity index (χ0v) is 9.11. The van der Waals surface area contributed by atoms with Gasteiger partial charge >= 0.3 is 0 Å². The van der Waals surface area contributed by atoms with Crippen molar-refractivity contribution >= 4 is 17.3 Å². The summed E-state index contributed by atoms with van der Waals surface area (Å²) in [5.74, 6) is -0.312. The van der Waals surface area contributed by atoms with Crippen LogP contribution in [0.25, 0.3) is 0 Å². The summed E-state index contributed by atoms with van der Waals surface area (Å²) in [7, 11) is 3.99. The first-order chi connectivity index (χ1) is 6.59. The molecule has 78 valence electrons. The predicted molar refractivity (Wildman–Crippen MR) is 58.5 cm³/mol. The van der Waals surface area contributed by atoms with Crippen LogP contribution in [-0.4, -0.2) is 32.1 Å². The number of hydrogen-bond donors (Lipinski definition) is 1. The molecule has 0 saturated carbocycles. The molecule has 0 radical (unpaired) electrons. The molecule has 0 unspecified atom stereocenters. The van der Waals surface area contributed by atoms with Gasteiger partial charge in [-0.15, -0.1) is 0 Å². The first-order valence-electron chi connectivity index (χ1n) is 4.43. The number of anilines is 1. The Labute approximate surface area is 88.7 Å². The summed E-state index contributed by atoms with van der Waals surface area (Å²) in [6.07, 6.45) is 0. The highest BCUT2D eigenvalue weighted by atomic mass is 35.5. The van der Waals surface area contributed by atoms with Crippen molar-refractivity contribution in [2.45, 2.75) is 0 Å². The van der Waals surface area contributed by atoms with E-state index in [-0.39, 0.29) is 5.82 Å². The second-order valence-corrected chi connectivity index (χ2v) is 3.76. The summed E-state index contributed by atoms with van der Waals surface area (Å²) in [6, 6.07) is 4.34. The Hall–Kier alpha value is -0.800. The highest BCUT2D eigenvalue weighted by molar-refractivity contribution is 6.33. The van der Waals surface area contributed by atoms with Gasteiger partial charge in [0.2, 0.25) is 0 Å². The van der Waals surface area contributed by atoms with Crippen LogP contribution in [0.1, 0.15) is 0 Å². The van der Waals surface area contributed by atoms with E-state index in [2.05, 4.69) is 10.2 Å². The summed E-state index contributed by atoms with van der Waals surface area (Å²) >= 11 is 5.83. The van der Waals surface area contributed by atoms with E-state index in [9.17, 15) is 4.39 Å². The van der Waals surface area contributed by atoms with Crippen molar-refractivity contribution in [3.63, 3.8) is 0 Å². The monoisotopic (exact) mass is 216 g/mol. The third-order valence-corrected chi connectivity index (χ3v) is 2.12. The minimum absolute atomic E-state index is 0.312. The molecule has 0 aliphatic carbocycles. The fourth-order valence-corrected chi connectivity index (χ4v) is 1.28. The number of hydrogen-bond acceptors (Lipinski definition) is 2. The van der Waals surface area contributed by atoms with E-state index in [1.54, 1.807) is 6.07 Å². The number of rotatable bonds is 4. The molecule has 0 heterocycles. The number of benzene rings is 1. The quantitative estimate of drug-likeness (QED) is 0.832. The summed E-state index contributed by atoms with van der Waals surface area (Å²) in [4.78, 5) is 2.06. The average Bonchev–Trinajstić information content (AvgIpc) is 2.08. The average molecular weight is 217 g/mol. The van der Waals surface area contributed by atoms with Crippen molar-refractivity contribution < 1.29 is 4.39 Å². The molecule has 0 aromatic heterocycles. The maximum atomic E-state index is 12.7. The number of nitrogens with one attached hydrogen (secondary N) is 1. The lowest BCUT2D eigenvalue weighted by Crippen LogP contribution is -2.20. The van der Waals surface area contributed by atoms with Gasteiger partial charge in [0.25, 0.3) is 0 Å². The molecule has 0 amide bonds. The lowest BCUT2D eigenvalue weighted by Gasteiger charge is -2.12. The molecule has 0 aliphatic rings. The van der Waals surface area contributed by atoms with E-state index in [4.69, 9.17) is 11.6 Å². The summed E-state index contributed by atoms with van der Waals surface area (Å²) < 4.78 is 12.7. The topological polar surface area (TPSA) is 15.3 Å². The molecule has 0 bridgehead atoms. The first kappa shape index (κ1) is 11.3. The van der Waals surface area contributed by atoms with Crippen LogP contribution in [0.15, 0.2) is 18.2 Å². The first-order valence-corrected chi connectivity index (χ1v) is 4.81. The Balaban J connectivity index is 2.51. The molecule has 0 spiro atoms. The standard InChI is InChI=1S/C10H14ClFN2/c1-14(2)6-5-13-10-4-3-8(12)7-9(10)11/h3-4,7,13H,5-6H2,1-2H3. The van der Waals surface area contributed by atoms with Gasteiger partial charge in [-0.05, 0) is 32.3 Å². The minimum Gasteiger partial charge on any atom is -0.383 e. The SMILES string of the molecule is CN(C)CCNc1ccc(F)cc1Cl. The van der Waals surface area contributed by atoms with Crippen LogP contribution in [0.3, 0.4) is 0 Å². The molecule has 1 aromatic carbocycles. The highest BCUT2D eigenvalue weighted by Gasteiger charge is 2.00. The molecule has 1 aromatic rings. The fourth-order valence-electron chi connectivity index (χ4n) is 1.05. The van der Waals surface area contributed by atoms with Crippen LogP contribution in [0.2, 0.25) is 5.02 Å². The van der Waals surface area contributed by atoms with E-state index in [1.165, 1.54) is 12.1 Å². The van der Waals surface area contributed by atoms with E-state index in [0.29, 0.717) is 5.02 Å². The van der Waals surface area contributed by atoms with Gasteiger partial charge in [0.1, 0.15) is 5.82 Å². The van der Waals surface area contributed by atoms with Gasteiger partial charge < -0.3 is 10.2 Å². The van der Waals surface area contributed by atoms with E-state index < -0.39 is 0 Å². The van der Waals surface area contributed by atoms with Crippen molar-refractivity contribution in [1.29, 1.82) is 0 Å². The van der Waals surface area contributed by atoms with Crippen LogP contribution in [0.5, 0.6) is 0 Å². The van der Waals surface area contributed by atoms with Gasteiger partial charge in [0.15, 0.2) is 0 Å². The van der Waals surface area contributed by atoms with Crippen LogP contribution >= 0.6 is 11.6 Å². The lowest BCUT2D eigenvalue weighted by molar-refractivity contribution is 0.425. The van der Waals surface area contributed by atoms with Gasteiger partial charge in [-0.2, -0.15) is 0 Å². The second kappa shape index (κ2) is 5.17. The molecule has 1 N–H and O–H groups in total. The maximum absolute atomic E-state index is 12.7. The number of nitrogens with zero attached hydrogens (tertiary/aromatic N) is 1. The molecule has 0 aliphatic heterocycles. The van der Waals surface area contributed by atoms with Crippen molar-refractivity contribution in [2.24, 2.45) is 0 Å². The summed E-state index contributed by atoms with van der Waals surface area (Å²) in [6.45, 7) is 1.70. The van der Waals surface area contributed by atoms with Crippen LogP contribution in [0.4, 0.5) is 10.1 Å². The van der Waals surface area contributed by atoms with Crippen molar-refractivity contribution in [2.75, 3.05) is 32.5 Å². The smallest absolute Gasteiger partial charge is 0.124 e. The molecule has 1 rings (SSSR count). The van der Waals surface area contributed by atoms with Crippen molar-refractivity contribution in [3.8, 4) is 0 Å². The van der Waals surface area contributed by atoms with Crippen molar-refractivity contribution in [1.82, 2.24) is 4.90 Å².